The van der Waals surface area contributed by atoms with Gasteiger partial charge in [0.2, 0.25) is 0 Å². The highest BCUT2D eigenvalue weighted by molar-refractivity contribution is 5.54. The maximum absolute atomic E-state index is 13.5. The van der Waals surface area contributed by atoms with Crippen molar-refractivity contribution in [3.8, 4) is 6.07 Å². The van der Waals surface area contributed by atoms with Crippen molar-refractivity contribution < 1.29 is 13.2 Å². The van der Waals surface area contributed by atoms with Crippen LogP contribution in [0.25, 0.3) is 0 Å². The number of fused-ring (bicyclic) bond motifs is 1. The van der Waals surface area contributed by atoms with E-state index in [9.17, 15) is 13.2 Å². The highest BCUT2D eigenvalue weighted by atomic mass is 19.4. The molecule has 3 rings (SSSR count). The molecule has 132 valence electrons. The third kappa shape index (κ3) is 3.21. The van der Waals surface area contributed by atoms with Gasteiger partial charge in [-0.25, -0.2) is 4.68 Å². The van der Waals surface area contributed by atoms with Gasteiger partial charge >= 0.3 is 6.18 Å². The third-order valence-corrected chi connectivity index (χ3v) is 4.54. The van der Waals surface area contributed by atoms with E-state index in [0.717, 1.165) is 15.8 Å². The van der Waals surface area contributed by atoms with Crippen LogP contribution < -0.4 is 5.32 Å². The van der Waals surface area contributed by atoms with Gasteiger partial charge in [0.25, 0.3) is 0 Å². The molecule has 1 aromatic heterocycles. The highest BCUT2D eigenvalue weighted by Gasteiger charge is 2.46. The number of alkyl halides is 3. The predicted octanol–water partition coefficient (Wildman–Crippen LogP) is 4.71. The minimum Gasteiger partial charge on any atom is -0.362 e. The van der Waals surface area contributed by atoms with Crippen LogP contribution in [0.3, 0.4) is 0 Å². The Morgan fingerprint density at radius 3 is 2.36 bits per heavy atom. The van der Waals surface area contributed by atoms with E-state index in [1.165, 1.54) is 6.20 Å². The maximum Gasteiger partial charge on any atom is 0.410 e. The van der Waals surface area contributed by atoms with E-state index < -0.39 is 18.3 Å². The molecule has 0 spiro atoms. The van der Waals surface area contributed by atoms with Crippen molar-refractivity contribution in [1.29, 1.82) is 5.26 Å². The number of aromatic nitrogens is 2. The van der Waals surface area contributed by atoms with Crippen LogP contribution in [-0.4, -0.2) is 16.0 Å². The summed E-state index contributed by atoms with van der Waals surface area (Å²) in [6.45, 7) is 6.24. The summed E-state index contributed by atoms with van der Waals surface area (Å²) in [6.07, 6.45) is -3.43. The molecule has 0 radical (unpaired) electrons. The summed E-state index contributed by atoms with van der Waals surface area (Å²) in [4.78, 5) is 0. The summed E-state index contributed by atoms with van der Waals surface area (Å²) in [5, 5.41) is 15.9. The van der Waals surface area contributed by atoms with Gasteiger partial charge in [-0.1, -0.05) is 45.0 Å². The fourth-order valence-electron chi connectivity index (χ4n) is 3.08. The zero-order valence-electron chi connectivity index (χ0n) is 14.2. The van der Waals surface area contributed by atoms with E-state index in [1.54, 1.807) is 0 Å². The van der Waals surface area contributed by atoms with Crippen LogP contribution in [-0.2, 0) is 5.41 Å². The minimum atomic E-state index is -4.43. The number of halogens is 3. The molecule has 0 aliphatic carbocycles. The fourth-order valence-corrected chi connectivity index (χ4v) is 3.08. The first-order valence-corrected chi connectivity index (χ1v) is 8.02. The second-order valence-electron chi connectivity index (χ2n) is 7.33. The molecule has 0 amide bonds. The van der Waals surface area contributed by atoms with Crippen LogP contribution in [0.5, 0.6) is 0 Å². The summed E-state index contributed by atoms with van der Waals surface area (Å²) >= 11 is 0. The standard InChI is InChI=1S/C18H19F3N4/c1-17(2,3)13-6-4-11(5-7-13)14-8-15(18(19,20)21)25-16(24-14)12(9-22)10-23-25/h4-7,10,14-15,24H,8H2,1-3H3/t14-,15-/m1/s1. The molecule has 4 nitrogen and oxygen atoms in total. The predicted molar refractivity (Wildman–Crippen MR) is 88.2 cm³/mol. The lowest BCUT2D eigenvalue weighted by atomic mass is 9.85. The lowest BCUT2D eigenvalue weighted by Gasteiger charge is -2.34. The fraction of sp³-hybridized carbons (Fsp3) is 0.444. The van der Waals surface area contributed by atoms with Crippen molar-refractivity contribution in [3.63, 3.8) is 0 Å². The van der Waals surface area contributed by atoms with Gasteiger partial charge < -0.3 is 5.32 Å². The molecule has 7 heteroatoms. The monoisotopic (exact) mass is 348 g/mol. The average molecular weight is 348 g/mol. The largest absolute Gasteiger partial charge is 0.410 e. The molecule has 2 aromatic rings. The first-order chi connectivity index (χ1) is 11.6. The van der Waals surface area contributed by atoms with Gasteiger partial charge in [0.1, 0.15) is 17.5 Å². The Hall–Kier alpha value is -2.49. The van der Waals surface area contributed by atoms with Crippen molar-refractivity contribution in [3.05, 3.63) is 47.2 Å². The third-order valence-electron chi connectivity index (χ3n) is 4.54. The Morgan fingerprint density at radius 2 is 1.84 bits per heavy atom. The maximum atomic E-state index is 13.5. The van der Waals surface area contributed by atoms with Gasteiger partial charge in [0.05, 0.1) is 12.2 Å². The van der Waals surface area contributed by atoms with Gasteiger partial charge in [-0.2, -0.15) is 23.5 Å². The molecule has 1 aromatic carbocycles. The number of nitrogens with one attached hydrogen (secondary N) is 1. The van der Waals surface area contributed by atoms with Gasteiger partial charge in [0, 0.05) is 6.42 Å². The Kier molecular flexibility index (Phi) is 4.02. The number of rotatable bonds is 1. The van der Waals surface area contributed by atoms with Crippen molar-refractivity contribution in [2.75, 3.05) is 5.32 Å². The van der Waals surface area contributed by atoms with Gasteiger partial charge in [-0.3, -0.25) is 0 Å². The van der Waals surface area contributed by atoms with E-state index in [0.29, 0.717) is 0 Å². The Balaban J connectivity index is 1.98. The summed E-state index contributed by atoms with van der Waals surface area (Å²) in [5.41, 5.74) is 1.96. The van der Waals surface area contributed by atoms with E-state index in [-0.39, 0.29) is 23.2 Å². The van der Waals surface area contributed by atoms with Gasteiger partial charge in [0.15, 0.2) is 6.04 Å². The average Bonchev–Trinajstić information content (AvgIpc) is 2.95. The van der Waals surface area contributed by atoms with Crippen LogP contribution in [0.15, 0.2) is 30.5 Å². The first kappa shape index (κ1) is 17.3. The zero-order chi connectivity index (χ0) is 18.4. The van der Waals surface area contributed by atoms with Crippen molar-refractivity contribution >= 4 is 5.82 Å². The van der Waals surface area contributed by atoms with E-state index in [2.05, 4.69) is 31.2 Å². The molecule has 25 heavy (non-hydrogen) atoms. The topological polar surface area (TPSA) is 53.6 Å². The summed E-state index contributed by atoms with van der Waals surface area (Å²) in [7, 11) is 0. The highest BCUT2D eigenvalue weighted by Crippen LogP contribution is 2.44. The van der Waals surface area contributed by atoms with E-state index in [1.807, 2.05) is 30.3 Å². The SMILES string of the molecule is CC(C)(C)c1ccc([C@H]2C[C@H](C(F)(F)F)n3ncc(C#N)c3N2)cc1. The molecule has 1 aliphatic heterocycles. The molecule has 0 bridgehead atoms. The van der Waals surface area contributed by atoms with Crippen molar-refractivity contribution in [2.45, 2.75) is 50.9 Å². The second-order valence-corrected chi connectivity index (χ2v) is 7.33. The van der Waals surface area contributed by atoms with E-state index >= 15 is 0 Å². The summed E-state index contributed by atoms with van der Waals surface area (Å²) in [6, 6.07) is 7.20. The molecule has 2 heterocycles. The van der Waals surface area contributed by atoms with Crippen LogP contribution in [0.1, 0.15) is 56.0 Å². The minimum absolute atomic E-state index is 0.0281. The molecular formula is C18H19F3N4. The molecule has 0 saturated heterocycles. The smallest absolute Gasteiger partial charge is 0.362 e. The Morgan fingerprint density at radius 1 is 1.20 bits per heavy atom. The number of hydrogen-bond acceptors (Lipinski definition) is 3. The van der Waals surface area contributed by atoms with Crippen LogP contribution in [0, 0.1) is 11.3 Å². The van der Waals surface area contributed by atoms with Gasteiger partial charge in [-0.05, 0) is 16.5 Å². The number of nitrogens with zero attached hydrogens (tertiary/aromatic N) is 3. The van der Waals surface area contributed by atoms with Crippen LogP contribution in [0.2, 0.25) is 0 Å². The molecule has 1 aliphatic rings. The van der Waals surface area contributed by atoms with Crippen LogP contribution >= 0.6 is 0 Å². The lowest BCUT2D eigenvalue weighted by molar-refractivity contribution is -0.173. The number of nitriles is 1. The zero-order valence-corrected chi connectivity index (χ0v) is 14.2. The van der Waals surface area contributed by atoms with Gasteiger partial charge in [-0.15, -0.1) is 0 Å². The molecule has 2 atom stereocenters. The Labute approximate surface area is 144 Å². The summed E-state index contributed by atoms with van der Waals surface area (Å²) in [5.74, 6) is 0.126. The number of benzene rings is 1. The first-order valence-electron chi connectivity index (χ1n) is 8.02. The van der Waals surface area contributed by atoms with E-state index in [4.69, 9.17) is 5.26 Å². The summed E-state index contributed by atoms with van der Waals surface area (Å²) < 4.78 is 41.3. The molecule has 0 saturated carbocycles. The Bertz CT molecular complexity index is 807. The van der Waals surface area contributed by atoms with Crippen molar-refractivity contribution in [2.24, 2.45) is 0 Å². The van der Waals surface area contributed by atoms with Crippen molar-refractivity contribution in [1.82, 2.24) is 9.78 Å². The number of anilines is 1. The lowest BCUT2D eigenvalue weighted by Crippen LogP contribution is -2.35. The normalized spacial score (nSPS) is 20.5. The molecule has 0 unspecified atom stereocenters. The number of hydrogen-bond donors (Lipinski definition) is 1. The molecule has 1 N–H and O–H groups in total. The molecular weight excluding hydrogens is 329 g/mol. The van der Waals surface area contributed by atoms with Crippen LogP contribution in [0.4, 0.5) is 19.0 Å². The quantitative estimate of drug-likeness (QED) is 0.812. The molecule has 0 fully saturated rings. The second kappa shape index (κ2) is 5.80.